The number of piperidine rings is 1. The van der Waals surface area contributed by atoms with Crippen molar-refractivity contribution in [2.45, 2.75) is 38.8 Å². The van der Waals surface area contributed by atoms with Gasteiger partial charge in [0.2, 0.25) is 0 Å². The van der Waals surface area contributed by atoms with Crippen LogP contribution in [0.3, 0.4) is 0 Å². The number of nitrogens with one attached hydrogen (secondary N) is 1. The lowest BCUT2D eigenvalue weighted by molar-refractivity contribution is 0.0246. The maximum absolute atomic E-state index is 9.91. The Hall–Kier alpha value is -1.17. The molecular formula is C17H29N3O2. The zero-order chi connectivity index (χ0) is 15.8. The SMILES string of the molecule is CC(C)COCC(O)CNC1CCN(c2ccccn2)CC1. The molecule has 1 atom stereocenters. The number of hydrogen-bond acceptors (Lipinski definition) is 5. The van der Waals surface area contributed by atoms with Crippen molar-refractivity contribution in [2.75, 3.05) is 37.7 Å². The fraction of sp³-hybridized carbons (Fsp3) is 0.706. The first-order chi connectivity index (χ1) is 10.6. The molecule has 1 aliphatic heterocycles. The summed E-state index contributed by atoms with van der Waals surface area (Å²) in [6, 6.07) is 6.50. The number of ether oxygens (including phenoxy) is 1. The lowest BCUT2D eigenvalue weighted by Gasteiger charge is -2.33. The van der Waals surface area contributed by atoms with Gasteiger partial charge in [-0.25, -0.2) is 4.98 Å². The van der Waals surface area contributed by atoms with E-state index in [0.29, 0.717) is 31.7 Å². The Morgan fingerprint density at radius 3 is 2.73 bits per heavy atom. The number of aliphatic hydroxyl groups is 1. The Balaban J connectivity index is 1.61. The largest absolute Gasteiger partial charge is 0.389 e. The molecule has 124 valence electrons. The first-order valence-corrected chi connectivity index (χ1v) is 8.30. The Kier molecular flexibility index (Phi) is 7.09. The van der Waals surface area contributed by atoms with Crippen molar-refractivity contribution in [1.82, 2.24) is 10.3 Å². The van der Waals surface area contributed by atoms with Crippen LogP contribution in [0.1, 0.15) is 26.7 Å². The minimum Gasteiger partial charge on any atom is -0.389 e. The Morgan fingerprint density at radius 2 is 2.09 bits per heavy atom. The highest BCUT2D eigenvalue weighted by atomic mass is 16.5. The van der Waals surface area contributed by atoms with E-state index >= 15 is 0 Å². The number of aliphatic hydroxyl groups excluding tert-OH is 1. The monoisotopic (exact) mass is 307 g/mol. The predicted molar refractivity (Wildman–Crippen MR) is 89.1 cm³/mol. The van der Waals surface area contributed by atoms with Crippen molar-refractivity contribution in [1.29, 1.82) is 0 Å². The van der Waals surface area contributed by atoms with Gasteiger partial charge in [0.1, 0.15) is 5.82 Å². The first-order valence-electron chi connectivity index (χ1n) is 8.30. The van der Waals surface area contributed by atoms with Crippen molar-refractivity contribution in [3.63, 3.8) is 0 Å². The summed E-state index contributed by atoms with van der Waals surface area (Å²) in [5.41, 5.74) is 0. The van der Waals surface area contributed by atoms with Gasteiger partial charge in [0.05, 0.1) is 12.7 Å². The summed E-state index contributed by atoms with van der Waals surface area (Å²) in [5.74, 6) is 1.57. The molecule has 2 rings (SSSR count). The molecule has 1 saturated heterocycles. The molecule has 22 heavy (non-hydrogen) atoms. The van der Waals surface area contributed by atoms with Crippen LogP contribution in [0.5, 0.6) is 0 Å². The van der Waals surface area contributed by atoms with E-state index in [1.54, 1.807) is 0 Å². The maximum atomic E-state index is 9.91. The molecular weight excluding hydrogens is 278 g/mol. The van der Waals surface area contributed by atoms with Crippen LogP contribution >= 0.6 is 0 Å². The van der Waals surface area contributed by atoms with E-state index in [9.17, 15) is 5.11 Å². The third-order valence-corrected chi connectivity index (χ3v) is 3.87. The van der Waals surface area contributed by atoms with E-state index in [0.717, 1.165) is 31.7 Å². The normalized spacial score (nSPS) is 17.9. The fourth-order valence-electron chi connectivity index (χ4n) is 2.65. The van der Waals surface area contributed by atoms with Gasteiger partial charge in [0, 0.05) is 38.5 Å². The van der Waals surface area contributed by atoms with E-state index < -0.39 is 6.10 Å². The van der Waals surface area contributed by atoms with Crippen LogP contribution in [-0.4, -0.2) is 55.1 Å². The molecule has 1 aliphatic rings. The van der Waals surface area contributed by atoms with Crippen LogP contribution in [-0.2, 0) is 4.74 Å². The van der Waals surface area contributed by atoms with Gasteiger partial charge in [0.25, 0.3) is 0 Å². The average Bonchev–Trinajstić information content (AvgIpc) is 2.54. The Morgan fingerprint density at radius 1 is 1.32 bits per heavy atom. The molecule has 2 N–H and O–H groups in total. The standard InChI is InChI=1S/C17H29N3O2/c1-14(2)12-22-13-16(21)11-19-15-6-9-20(10-7-15)17-5-3-4-8-18-17/h3-5,8,14-16,19,21H,6-7,9-13H2,1-2H3. The Bertz CT molecular complexity index is 406. The van der Waals surface area contributed by atoms with Crippen LogP contribution in [0.2, 0.25) is 0 Å². The molecule has 5 nitrogen and oxygen atoms in total. The van der Waals surface area contributed by atoms with Crippen LogP contribution < -0.4 is 10.2 Å². The van der Waals surface area contributed by atoms with Gasteiger partial charge in [-0.2, -0.15) is 0 Å². The molecule has 0 radical (unpaired) electrons. The highest BCUT2D eigenvalue weighted by Crippen LogP contribution is 2.17. The number of rotatable bonds is 8. The number of anilines is 1. The summed E-state index contributed by atoms with van der Waals surface area (Å²) in [5, 5.41) is 13.4. The lowest BCUT2D eigenvalue weighted by atomic mass is 10.0. The van der Waals surface area contributed by atoms with Gasteiger partial charge in [-0.1, -0.05) is 19.9 Å². The fourth-order valence-corrected chi connectivity index (χ4v) is 2.65. The molecule has 0 aliphatic carbocycles. The van der Waals surface area contributed by atoms with Crippen molar-refractivity contribution >= 4 is 5.82 Å². The third-order valence-electron chi connectivity index (χ3n) is 3.87. The highest BCUT2D eigenvalue weighted by Gasteiger charge is 2.20. The number of pyridine rings is 1. The zero-order valence-corrected chi connectivity index (χ0v) is 13.7. The number of hydrogen-bond donors (Lipinski definition) is 2. The molecule has 0 amide bonds. The molecule has 0 saturated carbocycles. The van der Waals surface area contributed by atoms with Crippen molar-refractivity contribution in [2.24, 2.45) is 5.92 Å². The quantitative estimate of drug-likeness (QED) is 0.765. The zero-order valence-electron chi connectivity index (χ0n) is 13.7. The lowest BCUT2D eigenvalue weighted by Crippen LogP contribution is -2.45. The molecule has 1 unspecified atom stereocenters. The average molecular weight is 307 g/mol. The third kappa shape index (κ3) is 5.91. The molecule has 1 fully saturated rings. The van der Waals surface area contributed by atoms with Gasteiger partial charge in [0.15, 0.2) is 0 Å². The summed E-state index contributed by atoms with van der Waals surface area (Å²) in [4.78, 5) is 6.72. The molecule has 0 aromatic carbocycles. The molecule has 0 bridgehead atoms. The summed E-state index contributed by atoms with van der Waals surface area (Å²) < 4.78 is 5.47. The maximum Gasteiger partial charge on any atom is 0.128 e. The summed E-state index contributed by atoms with van der Waals surface area (Å²) in [7, 11) is 0. The van der Waals surface area contributed by atoms with Crippen molar-refractivity contribution in [3.05, 3.63) is 24.4 Å². The van der Waals surface area contributed by atoms with Gasteiger partial charge < -0.3 is 20.1 Å². The predicted octanol–water partition coefficient (Wildman–Crippen LogP) is 1.67. The van der Waals surface area contributed by atoms with Crippen LogP contribution in [0, 0.1) is 5.92 Å². The van der Waals surface area contributed by atoms with Crippen molar-refractivity contribution in [3.8, 4) is 0 Å². The highest BCUT2D eigenvalue weighted by molar-refractivity contribution is 5.38. The van der Waals surface area contributed by atoms with Crippen LogP contribution in [0.4, 0.5) is 5.82 Å². The van der Waals surface area contributed by atoms with E-state index in [1.807, 2.05) is 18.3 Å². The van der Waals surface area contributed by atoms with E-state index in [-0.39, 0.29) is 0 Å². The molecule has 1 aromatic rings. The van der Waals surface area contributed by atoms with E-state index in [4.69, 9.17) is 4.74 Å². The van der Waals surface area contributed by atoms with Crippen LogP contribution in [0.25, 0.3) is 0 Å². The Labute approximate surface area is 133 Å². The van der Waals surface area contributed by atoms with Crippen molar-refractivity contribution < 1.29 is 9.84 Å². The number of nitrogens with zero attached hydrogens (tertiary/aromatic N) is 2. The summed E-state index contributed by atoms with van der Waals surface area (Å²) in [6.07, 6.45) is 3.58. The molecule has 2 heterocycles. The molecule has 0 spiro atoms. The van der Waals surface area contributed by atoms with E-state index in [2.05, 4.69) is 35.1 Å². The van der Waals surface area contributed by atoms with Crippen LogP contribution in [0.15, 0.2) is 24.4 Å². The van der Waals surface area contributed by atoms with Gasteiger partial charge in [-0.15, -0.1) is 0 Å². The summed E-state index contributed by atoms with van der Waals surface area (Å²) in [6.45, 7) is 7.97. The summed E-state index contributed by atoms with van der Waals surface area (Å²) >= 11 is 0. The molecule has 1 aromatic heterocycles. The van der Waals surface area contributed by atoms with Gasteiger partial charge >= 0.3 is 0 Å². The first kappa shape index (κ1) is 17.2. The van der Waals surface area contributed by atoms with Gasteiger partial charge in [-0.05, 0) is 30.9 Å². The molecule has 5 heteroatoms. The second kappa shape index (κ2) is 9.08. The minimum absolute atomic E-state index is 0.415. The van der Waals surface area contributed by atoms with E-state index in [1.165, 1.54) is 0 Å². The minimum atomic E-state index is -0.424. The smallest absolute Gasteiger partial charge is 0.128 e. The second-order valence-corrected chi connectivity index (χ2v) is 6.44. The number of aromatic nitrogens is 1. The second-order valence-electron chi connectivity index (χ2n) is 6.44. The van der Waals surface area contributed by atoms with Gasteiger partial charge in [-0.3, -0.25) is 0 Å². The topological polar surface area (TPSA) is 57.6 Å².